The Bertz CT molecular complexity index is 447. The lowest BCUT2D eigenvalue weighted by molar-refractivity contribution is 0.747. The van der Waals surface area contributed by atoms with Crippen LogP contribution < -0.4 is 5.73 Å². The SMILES string of the molecule is CC(N)Cc1cc2c(Br)cccc2s1. The second-order valence-corrected chi connectivity index (χ2v) is 5.57. The summed E-state index contributed by atoms with van der Waals surface area (Å²) in [5.41, 5.74) is 5.78. The van der Waals surface area contributed by atoms with E-state index in [2.05, 4.69) is 40.2 Å². The zero-order valence-electron chi connectivity index (χ0n) is 7.96. The molecule has 0 saturated heterocycles. The molecule has 1 atom stereocenters. The van der Waals surface area contributed by atoms with Gasteiger partial charge in [0.1, 0.15) is 0 Å². The normalized spacial score (nSPS) is 13.4. The van der Waals surface area contributed by atoms with Gasteiger partial charge in [-0.05, 0) is 31.5 Å². The van der Waals surface area contributed by atoms with E-state index in [4.69, 9.17) is 5.73 Å². The van der Waals surface area contributed by atoms with E-state index in [1.807, 2.05) is 18.3 Å². The highest BCUT2D eigenvalue weighted by atomic mass is 79.9. The molecule has 2 N–H and O–H groups in total. The highest BCUT2D eigenvalue weighted by Gasteiger charge is 2.05. The van der Waals surface area contributed by atoms with Crippen molar-refractivity contribution in [3.05, 3.63) is 33.6 Å². The molecular formula is C11H12BrNS. The summed E-state index contributed by atoms with van der Waals surface area (Å²) < 4.78 is 2.50. The van der Waals surface area contributed by atoms with Gasteiger partial charge in [0.05, 0.1) is 0 Å². The molecule has 0 aliphatic heterocycles. The summed E-state index contributed by atoms with van der Waals surface area (Å²) in [4.78, 5) is 1.36. The van der Waals surface area contributed by atoms with Gasteiger partial charge in [0.2, 0.25) is 0 Å². The Kier molecular flexibility index (Phi) is 2.91. The molecular weight excluding hydrogens is 258 g/mol. The van der Waals surface area contributed by atoms with Gasteiger partial charge < -0.3 is 5.73 Å². The van der Waals surface area contributed by atoms with Gasteiger partial charge in [0.25, 0.3) is 0 Å². The van der Waals surface area contributed by atoms with Gasteiger partial charge in [-0.1, -0.05) is 22.0 Å². The molecule has 0 saturated carbocycles. The van der Waals surface area contributed by atoms with Crippen LogP contribution in [0.4, 0.5) is 0 Å². The molecule has 0 aliphatic carbocycles. The van der Waals surface area contributed by atoms with E-state index < -0.39 is 0 Å². The topological polar surface area (TPSA) is 26.0 Å². The van der Waals surface area contributed by atoms with Crippen molar-refractivity contribution in [2.75, 3.05) is 0 Å². The first kappa shape index (κ1) is 10.1. The fourth-order valence-corrected chi connectivity index (χ4v) is 3.34. The van der Waals surface area contributed by atoms with E-state index in [1.54, 1.807) is 0 Å². The minimum absolute atomic E-state index is 0.238. The summed E-state index contributed by atoms with van der Waals surface area (Å²) in [7, 11) is 0. The van der Waals surface area contributed by atoms with E-state index in [0.29, 0.717) is 0 Å². The van der Waals surface area contributed by atoms with E-state index in [1.165, 1.54) is 19.4 Å². The first-order valence-electron chi connectivity index (χ1n) is 4.59. The van der Waals surface area contributed by atoms with Crippen molar-refractivity contribution in [1.82, 2.24) is 0 Å². The average molecular weight is 270 g/mol. The van der Waals surface area contributed by atoms with E-state index in [-0.39, 0.29) is 6.04 Å². The molecule has 14 heavy (non-hydrogen) atoms. The molecule has 2 aromatic rings. The van der Waals surface area contributed by atoms with Crippen LogP contribution in [0, 0.1) is 0 Å². The number of halogens is 1. The first-order chi connectivity index (χ1) is 6.66. The molecule has 0 spiro atoms. The van der Waals surface area contributed by atoms with Crippen LogP contribution in [0.5, 0.6) is 0 Å². The van der Waals surface area contributed by atoms with Gasteiger partial charge in [-0.2, -0.15) is 0 Å². The Morgan fingerprint density at radius 3 is 2.93 bits per heavy atom. The quantitative estimate of drug-likeness (QED) is 0.887. The third-order valence-corrected chi connectivity index (χ3v) is 3.90. The lowest BCUT2D eigenvalue weighted by Crippen LogP contribution is -2.16. The summed E-state index contributed by atoms with van der Waals surface area (Å²) in [6, 6.07) is 8.76. The zero-order valence-corrected chi connectivity index (χ0v) is 10.4. The van der Waals surface area contributed by atoms with Crippen LogP contribution in [0.25, 0.3) is 10.1 Å². The number of fused-ring (bicyclic) bond motifs is 1. The van der Waals surface area contributed by atoms with Crippen molar-refractivity contribution in [3.8, 4) is 0 Å². The van der Waals surface area contributed by atoms with Gasteiger partial charge in [-0.3, -0.25) is 0 Å². The standard InChI is InChI=1S/C11H12BrNS/c1-7(13)5-8-6-9-10(12)3-2-4-11(9)14-8/h2-4,6-7H,5,13H2,1H3. The van der Waals surface area contributed by atoms with Crippen molar-refractivity contribution < 1.29 is 0 Å². The van der Waals surface area contributed by atoms with Gasteiger partial charge in [-0.15, -0.1) is 11.3 Å². The number of hydrogen-bond acceptors (Lipinski definition) is 2. The van der Waals surface area contributed by atoms with Crippen molar-refractivity contribution in [2.45, 2.75) is 19.4 Å². The van der Waals surface area contributed by atoms with Crippen molar-refractivity contribution in [1.29, 1.82) is 0 Å². The van der Waals surface area contributed by atoms with Gasteiger partial charge in [0, 0.05) is 25.5 Å². The minimum atomic E-state index is 0.238. The molecule has 2 rings (SSSR count). The van der Waals surface area contributed by atoms with Gasteiger partial charge in [-0.25, -0.2) is 0 Å². The molecule has 0 amide bonds. The summed E-state index contributed by atoms with van der Waals surface area (Å²) in [6.45, 7) is 2.04. The molecule has 0 radical (unpaired) electrons. The third kappa shape index (κ3) is 2.00. The molecule has 3 heteroatoms. The lowest BCUT2D eigenvalue weighted by atomic mass is 10.2. The van der Waals surface area contributed by atoms with E-state index in [9.17, 15) is 0 Å². The number of rotatable bonds is 2. The molecule has 1 unspecified atom stereocenters. The average Bonchev–Trinajstić information content (AvgIpc) is 2.47. The number of thiophene rings is 1. The second-order valence-electron chi connectivity index (χ2n) is 3.55. The molecule has 1 nitrogen and oxygen atoms in total. The van der Waals surface area contributed by atoms with Crippen LogP contribution in [0.3, 0.4) is 0 Å². The number of hydrogen-bond donors (Lipinski definition) is 1. The lowest BCUT2D eigenvalue weighted by Gasteiger charge is -1.99. The van der Waals surface area contributed by atoms with Crippen LogP contribution in [0.2, 0.25) is 0 Å². The highest BCUT2D eigenvalue weighted by Crippen LogP contribution is 2.31. The second kappa shape index (κ2) is 4.01. The summed E-state index contributed by atoms with van der Waals surface area (Å²) in [5, 5.41) is 1.30. The predicted molar refractivity (Wildman–Crippen MR) is 66.9 cm³/mol. The van der Waals surface area contributed by atoms with Crippen molar-refractivity contribution in [3.63, 3.8) is 0 Å². The molecule has 74 valence electrons. The maximum Gasteiger partial charge on any atom is 0.0357 e. The van der Waals surface area contributed by atoms with Crippen LogP contribution in [0.1, 0.15) is 11.8 Å². The molecule has 0 bridgehead atoms. The maximum atomic E-state index is 5.78. The fourth-order valence-electron chi connectivity index (χ4n) is 1.50. The third-order valence-electron chi connectivity index (χ3n) is 2.08. The number of nitrogens with two attached hydrogens (primary N) is 1. The van der Waals surface area contributed by atoms with E-state index in [0.717, 1.165) is 6.42 Å². The summed E-state index contributed by atoms with van der Waals surface area (Å²) in [5.74, 6) is 0. The Labute approximate surface area is 96.1 Å². The zero-order chi connectivity index (χ0) is 10.1. The van der Waals surface area contributed by atoms with Gasteiger partial charge >= 0.3 is 0 Å². The maximum absolute atomic E-state index is 5.78. The molecule has 0 fully saturated rings. The Balaban J connectivity index is 2.46. The van der Waals surface area contributed by atoms with Crippen LogP contribution in [0.15, 0.2) is 28.7 Å². The van der Waals surface area contributed by atoms with Crippen molar-refractivity contribution in [2.24, 2.45) is 5.73 Å². The summed E-state index contributed by atoms with van der Waals surface area (Å²) in [6.07, 6.45) is 0.964. The Morgan fingerprint density at radius 1 is 1.50 bits per heavy atom. The Hall–Kier alpha value is -0.380. The molecule has 0 aliphatic rings. The molecule has 1 aromatic carbocycles. The van der Waals surface area contributed by atoms with E-state index >= 15 is 0 Å². The minimum Gasteiger partial charge on any atom is -0.328 e. The monoisotopic (exact) mass is 269 g/mol. The highest BCUT2D eigenvalue weighted by molar-refractivity contribution is 9.10. The van der Waals surface area contributed by atoms with Crippen LogP contribution in [-0.2, 0) is 6.42 Å². The largest absolute Gasteiger partial charge is 0.328 e. The first-order valence-corrected chi connectivity index (χ1v) is 6.20. The summed E-state index contributed by atoms with van der Waals surface area (Å²) >= 11 is 5.38. The van der Waals surface area contributed by atoms with Gasteiger partial charge in [0.15, 0.2) is 0 Å². The molecule has 1 heterocycles. The molecule has 1 aromatic heterocycles. The van der Waals surface area contributed by atoms with Crippen molar-refractivity contribution >= 4 is 37.4 Å². The van der Waals surface area contributed by atoms with Crippen LogP contribution in [-0.4, -0.2) is 6.04 Å². The Morgan fingerprint density at radius 2 is 2.29 bits per heavy atom. The smallest absolute Gasteiger partial charge is 0.0357 e. The fraction of sp³-hybridized carbons (Fsp3) is 0.273. The number of benzene rings is 1. The van der Waals surface area contributed by atoms with Crippen LogP contribution >= 0.6 is 27.3 Å². The predicted octanol–water partition coefficient (Wildman–Crippen LogP) is 3.55.